The van der Waals surface area contributed by atoms with Crippen molar-refractivity contribution in [1.29, 1.82) is 0 Å². The van der Waals surface area contributed by atoms with Gasteiger partial charge in [-0.3, -0.25) is 4.98 Å². The molecule has 0 aliphatic heterocycles. The second kappa shape index (κ2) is 4.10. The van der Waals surface area contributed by atoms with Crippen molar-refractivity contribution in [2.75, 3.05) is 17.7 Å². The predicted molar refractivity (Wildman–Crippen MR) is 76.5 cm³/mol. The van der Waals surface area contributed by atoms with E-state index in [1.54, 1.807) is 6.20 Å². The van der Waals surface area contributed by atoms with Gasteiger partial charge in [-0.2, -0.15) is 0 Å². The van der Waals surface area contributed by atoms with Crippen molar-refractivity contribution < 1.29 is 5.11 Å². The lowest BCUT2D eigenvalue weighted by molar-refractivity contribution is 0.266. The molecule has 2 aromatic rings. The fourth-order valence-electron chi connectivity index (χ4n) is 2.06. The number of halogens is 1. The van der Waals surface area contributed by atoms with Crippen molar-refractivity contribution in [1.82, 2.24) is 4.98 Å². The van der Waals surface area contributed by atoms with Gasteiger partial charge in [0.25, 0.3) is 0 Å². The van der Waals surface area contributed by atoms with E-state index in [0.717, 1.165) is 33.9 Å². The van der Waals surface area contributed by atoms with Gasteiger partial charge < -0.3 is 16.2 Å². The minimum Gasteiger partial charge on any atom is -0.396 e. The molecule has 4 N–H and O–H groups in total. The molecule has 1 aromatic heterocycles. The number of aromatic nitrogens is 1. The smallest absolute Gasteiger partial charge is 0.0743 e. The summed E-state index contributed by atoms with van der Waals surface area (Å²) in [6, 6.07) is 5.89. The molecule has 0 saturated heterocycles. The largest absolute Gasteiger partial charge is 0.396 e. The number of fused-ring (bicyclic) bond motifs is 1. The van der Waals surface area contributed by atoms with Crippen molar-refractivity contribution in [3.63, 3.8) is 0 Å². The first kappa shape index (κ1) is 11.7. The van der Waals surface area contributed by atoms with Crippen LogP contribution >= 0.6 is 15.9 Å². The molecular weight excluding hydrogens is 294 g/mol. The van der Waals surface area contributed by atoms with Gasteiger partial charge in [-0.15, -0.1) is 0 Å². The number of nitrogens with zero attached hydrogens (tertiary/aromatic N) is 1. The number of nitrogen functional groups attached to an aromatic ring is 1. The molecule has 18 heavy (non-hydrogen) atoms. The van der Waals surface area contributed by atoms with Gasteiger partial charge in [-0.05, 0) is 31.0 Å². The molecule has 1 saturated carbocycles. The summed E-state index contributed by atoms with van der Waals surface area (Å²) in [6.45, 7) is 0.129. The van der Waals surface area contributed by atoms with E-state index in [9.17, 15) is 5.11 Å². The fourth-order valence-corrected chi connectivity index (χ4v) is 2.42. The van der Waals surface area contributed by atoms with Gasteiger partial charge in [0.05, 0.1) is 35.2 Å². The number of rotatable bonds is 3. The van der Waals surface area contributed by atoms with Crippen molar-refractivity contribution >= 4 is 38.2 Å². The molecule has 1 heterocycles. The topological polar surface area (TPSA) is 71.2 Å². The fraction of sp³-hybridized carbons (Fsp3) is 0.308. The third-order valence-corrected chi connectivity index (χ3v) is 3.90. The van der Waals surface area contributed by atoms with Crippen LogP contribution in [0, 0.1) is 0 Å². The monoisotopic (exact) mass is 307 g/mol. The quantitative estimate of drug-likeness (QED) is 0.815. The second-order valence-corrected chi connectivity index (χ2v) is 5.73. The maximum Gasteiger partial charge on any atom is 0.0743 e. The van der Waals surface area contributed by atoms with E-state index in [-0.39, 0.29) is 12.1 Å². The van der Waals surface area contributed by atoms with Crippen molar-refractivity contribution in [2.45, 2.75) is 18.4 Å². The molecule has 5 heteroatoms. The summed E-state index contributed by atoms with van der Waals surface area (Å²) in [5.41, 5.74) is 8.19. The number of hydrogen-bond donors (Lipinski definition) is 3. The van der Waals surface area contributed by atoms with Crippen LogP contribution in [-0.2, 0) is 0 Å². The number of benzene rings is 1. The summed E-state index contributed by atoms with van der Waals surface area (Å²) in [4.78, 5) is 4.31. The Kier molecular flexibility index (Phi) is 2.68. The minimum absolute atomic E-state index is 0.129. The molecule has 4 nitrogen and oxygen atoms in total. The number of anilines is 2. The summed E-state index contributed by atoms with van der Waals surface area (Å²) < 4.78 is 0.985. The molecule has 0 unspecified atom stereocenters. The Labute approximate surface area is 113 Å². The van der Waals surface area contributed by atoms with Gasteiger partial charge in [0.2, 0.25) is 0 Å². The average molecular weight is 308 g/mol. The molecule has 0 atom stereocenters. The van der Waals surface area contributed by atoms with Gasteiger partial charge >= 0.3 is 0 Å². The molecular formula is C13H14BrN3O. The van der Waals surface area contributed by atoms with Crippen LogP contribution in [-0.4, -0.2) is 22.2 Å². The van der Waals surface area contributed by atoms with Crippen LogP contribution < -0.4 is 11.1 Å². The van der Waals surface area contributed by atoms with Crippen LogP contribution in [0.5, 0.6) is 0 Å². The third-order valence-electron chi connectivity index (χ3n) is 3.41. The Morgan fingerprint density at radius 2 is 2.22 bits per heavy atom. The highest BCUT2D eigenvalue weighted by molar-refractivity contribution is 9.10. The Bertz CT molecular complexity index is 605. The first-order valence-electron chi connectivity index (χ1n) is 5.86. The molecule has 94 valence electrons. The first-order chi connectivity index (χ1) is 8.63. The van der Waals surface area contributed by atoms with E-state index in [4.69, 9.17) is 5.73 Å². The summed E-state index contributed by atoms with van der Waals surface area (Å²) in [6.07, 6.45) is 3.60. The lowest BCUT2D eigenvalue weighted by Gasteiger charge is -2.19. The molecule has 1 aliphatic carbocycles. The number of pyridine rings is 1. The zero-order chi connectivity index (χ0) is 12.8. The number of nitrogens with one attached hydrogen (secondary N) is 1. The molecule has 1 aliphatic rings. The molecule has 0 amide bonds. The van der Waals surface area contributed by atoms with E-state index < -0.39 is 0 Å². The van der Waals surface area contributed by atoms with Gasteiger partial charge in [0.1, 0.15) is 0 Å². The Morgan fingerprint density at radius 1 is 1.44 bits per heavy atom. The van der Waals surface area contributed by atoms with Crippen LogP contribution in [0.15, 0.2) is 28.9 Å². The van der Waals surface area contributed by atoms with E-state index in [0.29, 0.717) is 5.69 Å². The zero-order valence-electron chi connectivity index (χ0n) is 9.78. The van der Waals surface area contributed by atoms with E-state index >= 15 is 0 Å². The maximum absolute atomic E-state index is 9.41. The second-order valence-electron chi connectivity index (χ2n) is 4.81. The van der Waals surface area contributed by atoms with Crippen molar-refractivity contribution in [2.24, 2.45) is 0 Å². The highest BCUT2D eigenvalue weighted by Gasteiger charge is 2.42. The Morgan fingerprint density at radius 3 is 2.89 bits per heavy atom. The first-order valence-corrected chi connectivity index (χ1v) is 6.66. The van der Waals surface area contributed by atoms with Crippen LogP contribution in [0.4, 0.5) is 11.4 Å². The van der Waals surface area contributed by atoms with Gasteiger partial charge in [-0.1, -0.05) is 15.9 Å². The van der Waals surface area contributed by atoms with Crippen LogP contribution in [0.1, 0.15) is 12.8 Å². The maximum atomic E-state index is 9.41. The highest BCUT2D eigenvalue weighted by atomic mass is 79.9. The van der Waals surface area contributed by atoms with Crippen LogP contribution in [0.3, 0.4) is 0 Å². The average Bonchev–Trinajstić information content (AvgIpc) is 3.14. The number of aliphatic hydroxyl groups excluding tert-OH is 1. The SMILES string of the molecule is Nc1cnc2ccc(Br)cc2c1NC1(CO)CC1. The molecule has 1 fully saturated rings. The van der Waals surface area contributed by atoms with Gasteiger partial charge in [0.15, 0.2) is 0 Å². The standard InChI is InChI=1S/C13H14BrN3O/c14-8-1-2-11-9(5-8)12(10(15)6-16-11)17-13(7-18)3-4-13/h1-2,5-6,18H,3-4,7,15H2,(H,16,17). The molecule has 0 spiro atoms. The number of nitrogens with two attached hydrogens (primary N) is 1. The Balaban J connectivity index is 2.13. The normalized spacial score (nSPS) is 16.8. The summed E-state index contributed by atoms with van der Waals surface area (Å²) in [5, 5.41) is 13.8. The molecule has 0 bridgehead atoms. The summed E-state index contributed by atoms with van der Waals surface area (Å²) in [5.74, 6) is 0. The lowest BCUT2D eigenvalue weighted by atomic mass is 10.1. The highest BCUT2D eigenvalue weighted by Crippen LogP contribution is 2.41. The molecule has 3 rings (SSSR count). The molecule has 0 radical (unpaired) electrons. The molecule has 1 aromatic carbocycles. The summed E-state index contributed by atoms with van der Waals surface area (Å²) >= 11 is 3.46. The number of hydrogen-bond acceptors (Lipinski definition) is 4. The number of aliphatic hydroxyl groups is 1. The van der Waals surface area contributed by atoms with E-state index in [1.807, 2.05) is 18.2 Å². The predicted octanol–water partition coefficient (Wildman–Crippen LogP) is 2.52. The van der Waals surface area contributed by atoms with Crippen LogP contribution in [0.2, 0.25) is 0 Å². The summed E-state index contributed by atoms with van der Waals surface area (Å²) in [7, 11) is 0. The minimum atomic E-state index is -0.190. The van der Waals surface area contributed by atoms with Crippen LogP contribution in [0.25, 0.3) is 10.9 Å². The van der Waals surface area contributed by atoms with Gasteiger partial charge in [0, 0.05) is 9.86 Å². The van der Waals surface area contributed by atoms with E-state index in [1.165, 1.54) is 0 Å². The third kappa shape index (κ3) is 1.93. The van der Waals surface area contributed by atoms with E-state index in [2.05, 4.69) is 26.2 Å². The van der Waals surface area contributed by atoms with Crippen molar-refractivity contribution in [3.8, 4) is 0 Å². The van der Waals surface area contributed by atoms with Crippen molar-refractivity contribution in [3.05, 3.63) is 28.9 Å². The van der Waals surface area contributed by atoms with Gasteiger partial charge in [-0.25, -0.2) is 0 Å². The zero-order valence-corrected chi connectivity index (χ0v) is 11.4. The Hall–Kier alpha value is -1.33. The lowest BCUT2D eigenvalue weighted by Crippen LogP contribution is -2.26.